The Morgan fingerprint density at radius 2 is 1.34 bits per heavy atom. The van der Waals surface area contributed by atoms with E-state index in [9.17, 15) is 18.0 Å². The molecule has 1 fully saturated rings. The van der Waals surface area contributed by atoms with Crippen molar-refractivity contribution in [3.63, 3.8) is 0 Å². The minimum absolute atomic E-state index is 0.0318. The summed E-state index contributed by atoms with van der Waals surface area (Å²) < 4.78 is 61.1. The van der Waals surface area contributed by atoms with Crippen LogP contribution in [0.2, 0.25) is 0 Å². The number of hydrogen-bond donors (Lipinski definition) is 0. The molecule has 2 aliphatic rings. The fraction of sp³-hybridized carbons (Fsp3) is 0.429. The number of fused-ring (bicyclic) bond motifs is 1. The quantitative estimate of drug-likeness (QED) is 0.142. The second kappa shape index (κ2) is 14.6. The van der Waals surface area contributed by atoms with Gasteiger partial charge in [0.1, 0.15) is 4.90 Å². The van der Waals surface area contributed by atoms with Crippen LogP contribution in [0.1, 0.15) is 83.1 Å². The van der Waals surface area contributed by atoms with Crippen LogP contribution < -0.4 is 23.7 Å². The van der Waals surface area contributed by atoms with Gasteiger partial charge in [0.2, 0.25) is 5.75 Å². The lowest BCUT2D eigenvalue weighted by Crippen LogP contribution is -2.30. The van der Waals surface area contributed by atoms with E-state index in [-0.39, 0.29) is 41.7 Å². The van der Waals surface area contributed by atoms with Crippen molar-refractivity contribution < 1.29 is 46.4 Å². The predicted octanol–water partition coefficient (Wildman–Crippen LogP) is 5.95. The van der Waals surface area contributed by atoms with E-state index in [2.05, 4.69) is 0 Å². The molecule has 2 aliphatic heterocycles. The Labute approximate surface area is 275 Å². The average molecular weight is 668 g/mol. The Hall–Kier alpha value is -4.29. The molecule has 3 aromatic carbocycles. The minimum Gasteiger partial charge on any atom is -0.493 e. The van der Waals surface area contributed by atoms with Gasteiger partial charge in [-0.1, -0.05) is 19.1 Å². The average Bonchev–Trinajstić information content (AvgIpc) is 3.66. The number of rotatable bonds is 15. The van der Waals surface area contributed by atoms with Crippen LogP contribution in [0, 0.1) is 0 Å². The van der Waals surface area contributed by atoms with Crippen LogP contribution in [0.15, 0.2) is 53.4 Å². The maximum atomic E-state index is 13.0. The fourth-order valence-corrected chi connectivity index (χ4v) is 6.77. The van der Waals surface area contributed by atoms with Crippen molar-refractivity contribution in [2.24, 2.45) is 0 Å². The van der Waals surface area contributed by atoms with Crippen molar-refractivity contribution in [1.82, 2.24) is 4.90 Å². The maximum absolute atomic E-state index is 13.0. The van der Waals surface area contributed by atoms with Gasteiger partial charge >= 0.3 is 0 Å². The molecule has 5 rings (SSSR count). The summed E-state index contributed by atoms with van der Waals surface area (Å²) in [7, 11) is 0.953. The molecule has 12 heteroatoms. The van der Waals surface area contributed by atoms with Crippen molar-refractivity contribution in [1.29, 1.82) is 0 Å². The maximum Gasteiger partial charge on any atom is 0.261 e. The van der Waals surface area contributed by atoms with Gasteiger partial charge in [0.25, 0.3) is 11.8 Å². The summed E-state index contributed by atoms with van der Waals surface area (Å²) in [6, 6.07) is 13.9. The van der Waals surface area contributed by atoms with E-state index in [4.69, 9.17) is 28.4 Å². The molecule has 1 saturated heterocycles. The molecule has 2 unspecified atom stereocenters. The number of amides is 2. The number of sulfone groups is 1. The fourth-order valence-electron chi connectivity index (χ4n) is 5.92. The standard InChI is InChI=1S/C35H41NO10S/c1-6-16-45-33-30(44-17-10-9-15-36-34(37)24-11-7-8-12-25(24)35(36)38)20-23(21-31(33)47(5,39)40)27-14-13-26(46-27)22-18-28(41-2)32(43-4)29(19-22)42-3/h7-8,11-12,18-21,26-27H,6,9-10,13-17H2,1-5H3. The van der Waals surface area contributed by atoms with Gasteiger partial charge in [-0.3, -0.25) is 14.5 Å². The van der Waals surface area contributed by atoms with Gasteiger partial charge in [0.05, 0.1) is 57.9 Å². The van der Waals surface area contributed by atoms with Gasteiger partial charge in [-0.15, -0.1) is 0 Å². The molecular weight excluding hydrogens is 626 g/mol. The van der Waals surface area contributed by atoms with E-state index in [1.807, 2.05) is 19.1 Å². The number of nitrogens with zero attached hydrogens (tertiary/aromatic N) is 1. The Morgan fingerprint density at radius 1 is 0.766 bits per heavy atom. The molecule has 0 spiro atoms. The number of methoxy groups -OCH3 is 3. The lowest BCUT2D eigenvalue weighted by Gasteiger charge is -2.21. The normalized spacial score (nSPS) is 17.5. The zero-order valence-corrected chi connectivity index (χ0v) is 28.2. The number of carbonyl (C=O) groups is 2. The van der Waals surface area contributed by atoms with Gasteiger partial charge in [-0.25, -0.2) is 8.42 Å². The van der Waals surface area contributed by atoms with Crippen molar-refractivity contribution in [3.05, 3.63) is 70.8 Å². The number of hydrogen-bond acceptors (Lipinski definition) is 10. The number of ether oxygens (including phenoxy) is 6. The Kier molecular flexibility index (Phi) is 10.6. The highest BCUT2D eigenvalue weighted by Gasteiger charge is 2.35. The molecule has 0 aromatic heterocycles. The monoisotopic (exact) mass is 667 g/mol. The third kappa shape index (κ3) is 7.18. The highest BCUT2D eigenvalue weighted by molar-refractivity contribution is 7.90. The zero-order chi connectivity index (χ0) is 33.7. The highest BCUT2D eigenvalue weighted by atomic mass is 32.2. The van der Waals surface area contributed by atoms with Crippen LogP contribution in [-0.2, 0) is 14.6 Å². The summed E-state index contributed by atoms with van der Waals surface area (Å²) in [5.41, 5.74) is 2.34. The molecule has 0 bridgehead atoms. The first-order chi connectivity index (χ1) is 22.6. The van der Waals surface area contributed by atoms with Crippen molar-refractivity contribution in [3.8, 4) is 28.7 Å². The van der Waals surface area contributed by atoms with E-state index in [1.54, 1.807) is 57.7 Å². The zero-order valence-electron chi connectivity index (χ0n) is 27.4. The van der Waals surface area contributed by atoms with E-state index < -0.39 is 15.9 Å². The van der Waals surface area contributed by atoms with E-state index in [0.29, 0.717) is 78.4 Å². The molecule has 2 atom stereocenters. The SMILES string of the molecule is CCCOc1c(OCCCCN2C(=O)c3ccccc3C2=O)cc(C2CCC(c3cc(OC)c(OC)c(OC)c3)O2)cc1S(C)(=O)=O. The Bertz CT molecular complexity index is 1680. The molecule has 11 nitrogen and oxygen atoms in total. The van der Waals surface area contributed by atoms with Crippen LogP contribution >= 0.6 is 0 Å². The second-order valence-electron chi connectivity index (χ2n) is 11.5. The number of carbonyl (C=O) groups excluding carboxylic acids is 2. The minimum atomic E-state index is -3.70. The topological polar surface area (TPSA) is 127 Å². The first-order valence-electron chi connectivity index (χ1n) is 15.6. The first kappa shape index (κ1) is 34.1. The molecule has 0 aliphatic carbocycles. The van der Waals surface area contributed by atoms with E-state index >= 15 is 0 Å². The number of unbranched alkanes of at least 4 members (excludes halogenated alkanes) is 1. The first-order valence-corrected chi connectivity index (χ1v) is 17.5. The Morgan fingerprint density at radius 3 is 1.87 bits per heavy atom. The van der Waals surface area contributed by atoms with E-state index in [1.165, 1.54) is 4.90 Å². The van der Waals surface area contributed by atoms with Crippen LogP contribution in [0.25, 0.3) is 0 Å². The largest absolute Gasteiger partial charge is 0.493 e. The molecular formula is C35H41NO10S. The number of benzene rings is 3. The summed E-state index contributed by atoms with van der Waals surface area (Å²) in [6.45, 7) is 2.71. The summed E-state index contributed by atoms with van der Waals surface area (Å²) in [5, 5.41) is 0. The van der Waals surface area contributed by atoms with Crippen LogP contribution in [0.3, 0.4) is 0 Å². The molecule has 3 aromatic rings. The molecule has 252 valence electrons. The molecule has 2 heterocycles. The smallest absolute Gasteiger partial charge is 0.261 e. The van der Waals surface area contributed by atoms with Crippen LogP contribution in [0.4, 0.5) is 0 Å². The van der Waals surface area contributed by atoms with Crippen molar-refractivity contribution >= 4 is 21.7 Å². The number of imide groups is 1. The molecule has 0 radical (unpaired) electrons. The molecule has 0 saturated carbocycles. The summed E-state index contributed by atoms with van der Waals surface area (Å²) in [5.74, 6) is 1.39. The summed E-state index contributed by atoms with van der Waals surface area (Å²) >= 11 is 0. The van der Waals surface area contributed by atoms with Gasteiger partial charge in [0, 0.05) is 12.8 Å². The Balaban J connectivity index is 1.33. The third-order valence-electron chi connectivity index (χ3n) is 8.26. The molecule has 47 heavy (non-hydrogen) atoms. The third-order valence-corrected chi connectivity index (χ3v) is 9.36. The van der Waals surface area contributed by atoms with Crippen LogP contribution in [0.5, 0.6) is 28.7 Å². The van der Waals surface area contributed by atoms with Gasteiger partial charge in [-0.2, -0.15) is 0 Å². The van der Waals surface area contributed by atoms with E-state index in [0.717, 1.165) is 11.8 Å². The predicted molar refractivity (Wildman–Crippen MR) is 174 cm³/mol. The second-order valence-corrected chi connectivity index (χ2v) is 13.5. The van der Waals surface area contributed by atoms with Gasteiger partial charge < -0.3 is 28.4 Å². The van der Waals surface area contributed by atoms with Gasteiger partial charge in [-0.05, 0) is 79.6 Å². The lowest BCUT2D eigenvalue weighted by molar-refractivity contribution is 0.0434. The van der Waals surface area contributed by atoms with Gasteiger partial charge in [0.15, 0.2) is 32.8 Å². The summed E-state index contributed by atoms with van der Waals surface area (Å²) in [4.78, 5) is 26.7. The lowest BCUT2D eigenvalue weighted by atomic mass is 10.0. The van der Waals surface area contributed by atoms with Crippen LogP contribution in [-0.4, -0.2) is 72.5 Å². The molecule has 2 amide bonds. The molecule has 0 N–H and O–H groups in total. The highest BCUT2D eigenvalue weighted by Crippen LogP contribution is 2.48. The van der Waals surface area contributed by atoms with Crippen molar-refractivity contribution in [2.75, 3.05) is 47.3 Å². The van der Waals surface area contributed by atoms with Crippen molar-refractivity contribution in [2.45, 2.75) is 56.1 Å². The summed E-state index contributed by atoms with van der Waals surface area (Å²) in [6.07, 6.45) is 3.46.